The van der Waals surface area contributed by atoms with Crippen LogP contribution in [0.15, 0.2) is 48.5 Å². The first-order chi connectivity index (χ1) is 10.3. The number of amides is 2. The number of nitrogens with two attached hydrogens (primary N) is 4. The van der Waals surface area contributed by atoms with Gasteiger partial charge in [0.25, 0.3) is 0 Å². The fourth-order valence-corrected chi connectivity index (χ4v) is 1.68. The summed E-state index contributed by atoms with van der Waals surface area (Å²) in [6.07, 6.45) is -0.347. The fourth-order valence-electron chi connectivity index (χ4n) is 1.68. The van der Waals surface area contributed by atoms with Gasteiger partial charge in [0.2, 0.25) is 11.8 Å². The van der Waals surface area contributed by atoms with Crippen molar-refractivity contribution in [1.29, 1.82) is 0 Å². The lowest BCUT2D eigenvalue weighted by Gasteiger charge is -2.04. The normalized spacial score (nSPS) is 9.82. The molecule has 0 heterocycles. The molecule has 8 N–H and O–H groups in total. The third-order valence-corrected chi connectivity index (χ3v) is 2.88. The van der Waals surface area contributed by atoms with Crippen LogP contribution >= 0.6 is 0 Å². The number of hydrogen-bond acceptors (Lipinski definition) is 4. The second kappa shape index (κ2) is 7.92. The number of carbonyl (C=O) groups is 2. The van der Waals surface area contributed by atoms with Gasteiger partial charge in [0.05, 0.1) is 6.17 Å². The predicted octanol–water partition coefficient (Wildman–Crippen LogP) is 0.795. The Hall–Kier alpha value is -2.70. The Labute approximate surface area is 129 Å². The van der Waals surface area contributed by atoms with Gasteiger partial charge in [-0.15, -0.1) is 0 Å². The minimum Gasteiger partial charge on any atom is -0.366 e. The molecule has 0 fully saturated rings. The van der Waals surface area contributed by atoms with Gasteiger partial charge in [-0.1, -0.05) is 29.8 Å². The molecule has 2 aromatic rings. The first-order valence-electron chi connectivity index (χ1n) is 6.58. The van der Waals surface area contributed by atoms with Gasteiger partial charge in [0.1, 0.15) is 0 Å². The molecule has 0 saturated carbocycles. The van der Waals surface area contributed by atoms with Crippen LogP contribution in [0.25, 0.3) is 0 Å². The van der Waals surface area contributed by atoms with Crippen molar-refractivity contribution in [3.05, 3.63) is 70.8 Å². The van der Waals surface area contributed by atoms with Crippen LogP contribution in [0.3, 0.4) is 0 Å². The molecule has 0 saturated heterocycles. The number of rotatable bonds is 3. The van der Waals surface area contributed by atoms with Crippen molar-refractivity contribution in [1.82, 2.24) is 0 Å². The van der Waals surface area contributed by atoms with E-state index in [9.17, 15) is 9.59 Å². The summed E-state index contributed by atoms with van der Waals surface area (Å²) >= 11 is 0. The lowest BCUT2D eigenvalue weighted by molar-refractivity contribution is 0.0988. The molecule has 0 unspecified atom stereocenters. The number of primary amides is 2. The average Bonchev–Trinajstić information content (AvgIpc) is 2.48. The van der Waals surface area contributed by atoms with Gasteiger partial charge in [-0.25, -0.2) is 0 Å². The molecule has 0 aliphatic carbocycles. The molecule has 0 radical (unpaired) electrons. The van der Waals surface area contributed by atoms with Crippen molar-refractivity contribution in [2.75, 3.05) is 0 Å². The maximum atomic E-state index is 10.6. The molecule has 0 aromatic heterocycles. The van der Waals surface area contributed by atoms with Gasteiger partial charge < -0.3 is 22.9 Å². The third kappa shape index (κ3) is 5.35. The summed E-state index contributed by atoms with van der Waals surface area (Å²) in [5, 5.41) is 0. The van der Waals surface area contributed by atoms with Crippen LogP contribution in [0.4, 0.5) is 0 Å². The largest absolute Gasteiger partial charge is 0.366 e. The summed E-state index contributed by atoms with van der Waals surface area (Å²) in [5.74, 6) is -1.04. The zero-order valence-corrected chi connectivity index (χ0v) is 12.3. The van der Waals surface area contributed by atoms with Gasteiger partial charge in [0.15, 0.2) is 0 Å². The van der Waals surface area contributed by atoms with Crippen LogP contribution in [-0.4, -0.2) is 11.8 Å². The molecule has 0 spiro atoms. The van der Waals surface area contributed by atoms with Crippen molar-refractivity contribution < 1.29 is 9.59 Å². The third-order valence-electron chi connectivity index (χ3n) is 2.88. The topological polar surface area (TPSA) is 138 Å². The van der Waals surface area contributed by atoms with Crippen molar-refractivity contribution in [2.24, 2.45) is 22.9 Å². The van der Waals surface area contributed by atoms with E-state index in [1.54, 1.807) is 0 Å². The van der Waals surface area contributed by atoms with E-state index in [0.29, 0.717) is 11.1 Å². The average molecular weight is 300 g/mol. The van der Waals surface area contributed by atoms with E-state index >= 15 is 0 Å². The predicted molar refractivity (Wildman–Crippen MR) is 85.8 cm³/mol. The Kier molecular flexibility index (Phi) is 6.25. The van der Waals surface area contributed by atoms with E-state index in [2.05, 4.69) is 0 Å². The van der Waals surface area contributed by atoms with Crippen LogP contribution in [0.1, 0.15) is 38.0 Å². The number of carbonyl (C=O) groups excluding carboxylic acids is 2. The molecule has 6 nitrogen and oxygen atoms in total. The summed E-state index contributed by atoms with van der Waals surface area (Å²) in [7, 11) is 0. The molecule has 0 aliphatic rings. The Bertz CT molecular complexity index is 618. The Morgan fingerprint density at radius 3 is 1.59 bits per heavy atom. The second-order valence-electron chi connectivity index (χ2n) is 4.75. The van der Waals surface area contributed by atoms with E-state index in [0.717, 1.165) is 5.56 Å². The molecular weight excluding hydrogens is 280 g/mol. The van der Waals surface area contributed by atoms with Crippen LogP contribution < -0.4 is 22.9 Å². The van der Waals surface area contributed by atoms with E-state index in [4.69, 9.17) is 22.9 Å². The van der Waals surface area contributed by atoms with E-state index in [1.165, 1.54) is 29.8 Å². The SMILES string of the molecule is Cc1cccc(C(N)N)c1.NC(=O)c1ccc(C(N)=O)cc1. The zero-order valence-electron chi connectivity index (χ0n) is 12.3. The summed E-state index contributed by atoms with van der Waals surface area (Å²) in [6, 6.07) is 13.7. The van der Waals surface area contributed by atoms with Crippen LogP contribution in [-0.2, 0) is 0 Å². The minimum absolute atomic E-state index is 0.347. The standard InChI is InChI=1S/C8H8N2O2.C8H12N2/c9-7(11)5-1-2-6(4-3-5)8(10)12;1-6-3-2-4-7(5-6)8(9)10/h1-4H,(H2,9,11)(H2,10,12);2-5,8H,9-10H2,1H3. The molecule has 22 heavy (non-hydrogen) atoms. The fraction of sp³-hybridized carbons (Fsp3) is 0.125. The van der Waals surface area contributed by atoms with Crippen LogP contribution in [0.5, 0.6) is 0 Å². The van der Waals surface area contributed by atoms with Gasteiger partial charge in [-0.3, -0.25) is 9.59 Å². The van der Waals surface area contributed by atoms with Crippen molar-refractivity contribution in [2.45, 2.75) is 13.1 Å². The number of hydrogen-bond donors (Lipinski definition) is 4. The van der Waals surface area contributed by atoms with Crippen molar-refractivity contribution in [3.63, 3.8) is 0 Å². The Morgan fingerprint density at radius 2 is 1.32 bits per heavy atom. The maximum Gasteiger partial charge on any atom is 0.248 e. The van der Waals surface area contributed by atoms with Crippen molar-refractivity contribution >= 4 is 11.8 Å². The van der Waals surface area contributed by atoms with Crippen LogP contribution in [0.2, 0.25) is 0 Å². The smallest absolute Gasteiger partial charge is 0.248 e. The van der Waals surface area contributed by atoms with Gasteiger partial charge in [0, 0.05) is 11.1 Å². The quantitative estimate of drug-likeness (QED) is 0.622. The zero-order chi connectivity index (χ0) is 16.7. The molecule has 116 valence electrons. The van der Waals surface area contributed by atoms with E-state index in [-0.39, 0.29) is 6.17 Å². The highest BCUT2D eigenvalue weighted by atomic mass is 16.1. The second-order valence-corrected chi connectivity index (χ2v) is 4.75. The highest BCUT2D eigenvalue weighted by Crippen LogP contribution is 2.06. The van der Waals surface area contributed by atoms with E-state index in [1.807, 2.05) is 31.2 Å². The minimum atomic E-state index is -0.522. The Balaban J connectivity index is 0.000000224. The molecule has 2 rings (SSSR count). The summed E-state index contributed by atoms with van der Waals surface area (Å²) in [4.78, 5) is 21.2. The first kappa shape index (κ1) is 17.4. The van der Waals surface area contributed by atoms with Gasteiger partial charge in [-0.2, -0.15) is 0 Å². The molecular formula is C16H20N4O2. The monoisotopic (exact) mass is 300 g/mol. The van der Waals surface area contributed by atoms with Gasteiger partial charge >= 0.3 is 0 Å². The molecule has 0 bridgehead atoms. The Morgan fingerprint density at radius 1 is 0.864 bits per heavy atom. The number of aryl methyl sites for hydroxylation is 1. The summed E-state index contributed by atoms with van der Waals surface area (Å²) in [6.45, 7) is 2.02. The highest BCUT2D eigenvalue weighted by molar-refractivity contribution is 5.96. The molecule has 2 aromatic carbocycles. The molecule has 2 amide bonds. The van der Waals surface area contributed by atoms with Gasteiger partial charge in [-0.05, 0) is 36.8 Å². The number of benzene rings is 2. The lowest BCUT2D eigenvalue weighted by atomic mass is 10.1. The first-order valence-corrected chi connectivity index (χ1v) is 6.58. The lowest BCUT2D eigenvalue weighted by Crippen LogP contribution is -2.19. The molecule has 0 aliphatic heterocycles. The highest BCUT2D eigenvalue weighted by Gasteiger charge is 2.02. The van der Waals surface area contributed by atoms with E-state index < -0.39 is 11.8 Å². The van der Waals surface area contributed by atoms with Crippen molar-refractivity contribution in [3.8, 4) is 0 Å². The molecule has 0 atom stereocenters. The summed E-state index contributed by atoms with van der Waals surface area (Å²) < 4.78 is 0. The summed E-state index contributed by atoms with van der Waals surface area (Å²) in [5.41, 5.74) is 23.8. The maximum absolute atomic E-state index is 10.6. The van der Waals surface area contributed by atoms with Crippen LogP contribution in [0, 0.1) is 6.92 Å². The molecule has 6 heteroatoms.